The Labute approximate surface area is 111 Å². The van der Waals surface area contributed by atoms with E-state index in [0.29, 0.717) is 12.0 Å². The molecule has 0 aromatic heterocycles. The van der Waals surface area contributed by atoms with Gasteiger partial charge < -0.3 is 4.90 Å². The van der Waals surface area contributed by atoms with E-state index < -0.39 is 0 Å². The third kappa shape index (κ3) is 3.32. The SMILES string of the molecule is CC(=O)N(Cc1ccccc1)C(CBr)C1CC1. The number of rotatable bonds is 5. The van der Waals surface area contributed by atoms with E-state index in [1.165, 1.54) is 18.4 Å². The van der Waals surface area contributed by atoms with E-state index in [4.69, 9.17) is 0 Å². The molecule has 1 aliphatic carbocycles. The van der Waals surface area contributed by atoms with Crippen molar-refractivity contribution >= 4 is 21.8 Å². The minimum atomic E-state index is 0.171. The van der Waals surface area contributed by atoms with Crippen LogP contribution in [0.4, 0.5) is 0 Å². The molecule has 2 rings (SSSR count). The second kappa shape index (κ2) is 5.67. The molecule has 1 fully saturated rings. The number of nitrogens with zero attached hydrogens (tertiary/aromatic N) is 1. The Morgan fingerprint density at radius 1 is 1.41 bits per heavy atom. The fraction of sp³-hybridized carbons (Fsp3) is 0.500. The maximum atomic E-state index is 11.8. The molecule has 0 radical (unpaired) electrons. The fourth-order valence-corrected chi connectivity index (χ4v) is 3.07. The number of benzene rings is 1. The van der Waals surface area contributed by atoms with Crippen molar-refractivity contribution < 1.29 is 4.79 Å². The van der Waals surface area contributed by atoms with Gasteiger partial charge in [-0.05, 0) is 24.3 Å². The van der Waals surface area contributed by atoms with E-state index in [9.17, 15) is 4.79 Å². The largest absolute Gasteiger partial charge is 0.335 e. The molecule has 1 aromatic carbocycles. The van der Waals surface area contributed by atoms with Crippen molar-refractivity contribution in [1.29, 1.82) is 0 Å². The van der Waals surface area contributed by atoms with Crippen molar-refractivity contribution in [3.63, 3.8) is 0 Å². The Balaban J connectivity index is 2.09. The average molecular weight is 296 g/mol. The van der Waals surface area contributed by atoms with E-state index in [-0.39, 0.29) is 5.91 Å². The van der Waals surface area contributed by atoms with Crippen LogP contribution in [0.15, 0.2) is 30.3 Å². The zero-order valence-corrected chi connectivity index (χ0v) is 11.7. The summed E-state index contributed by atoms with van der Waals surface area (Å²) in [6.07, 6.45) is 2.52. The van der Waals surface area contributed by atoms with Crippen molar-refractivity contribution in [3.8, 4) is 0 Å². The minimum Gasteiger partial charge on any atom is -0.335 e. The summed E-state index contributed by atoms with van der Waals surface area (Å²) in [5.74, 6) is 0.868. The van der Waals surface area contributed by atoms with Gasteiger partial charge in [-0.1, -0.05) is 46.3 Å². The highest BCUT2D eigenvalue weighted by molar-refractivity contribution is 9.09. The Hall–Kier alpha value is -0.830. The highest BCUT2D eigenvalue weighted by Crippen LogP contribution is 2.36. The summed E-state index contributed by atoms with van der Waals surface area (Å²) >= 11 is 3.54. The third-order valence-electron chi connectivity index (χ3n) is 3.32. The zero-order valence-electron chi connectivity index (χ0n) is 10.1. The third-order valence-corrected chi connectivity index (χ3v) is 3.99. The molecule has 1 saturated carbocycles. The van der Waals surface area contributed by atoms with Gasteiger partial charge in [-0.2, -0.15) is 0 Å². The Morgan fingerprint density at radius 2 is 2.06 bits per heavy atom. The normalized spacial score (nSPS) is 16.6. The lowest BCUT2D eigenvalue weighted by molar-refractivity contribution is -0.131. The van der Waals surface area contributed by atoms with Crippen LogP contribution in [0.25, 0.3) is 0 Å². The van der Waals surface area contributed by atoms with Gasteiger partial charge in [0.05, 0.1) is 0 Å². The molecular weight excluding hydrogens is 278 g/mol. The van der Waals surface area contributed by atoms with Gasteiger partial charge in [0.15, 0.2) is 0 Å². The first-order valence-electron chi connectivity index (χ1n) is 6.09. The Bertz CT molecular complexity index is 375. The summed E-state index contributed by atoms with van der Waals surface area (Å²) < 4.78 is 0. The van der Waals surface area contributed by atoms with E-state index in [1.807, 2.05) is 23.1 Å². The molecule has 3 heteroatoms. The van der Waals surface area contributed by atoms with Gasteiger partial charge in [-0.3, -0.25) is 4.79 Å². The van der Waals surface area contributed by atoms with E-state index in [0.717, 1.165) is 11.9 Å². The molecule has 1 aliphatic rings. The molecule has 0 bridgehead atoms. The number of carbonyl (C=O) groups excluding carboxylic acids is 1. The fourth-order valence-electron chi connectivity index (χ4n) is 2.19. The van der Waals surface area contributed by atoms with Gasteiger partial charge >= 0.3 is 0 Å². The quantitative estimate of drug-likeness (QED) is 0.764. The number of hydrogen-bond donors (Lipinski definition) is 0. The lowest BCUT2D eigenvalue weighted by atomic mass is 10.1. The van der Waals surface area contributed by atoms with Crippen LogP contribution < -0.4 is 0 Å². The zero-order chi connectivity index (χ0) is 12.3. The summed E-state index contributed by atoms with van der Waals surface area (Å²) in [6, 6.07) is 10.6. The second-order valence-corrected chi connectivity index (χ2v) is 5.34. The van der Waals surface area contributed by atoms with E-state index in [2.05, 4.69) is 28.1 Å². The van der Waals surface area contributed by atoms with Crippen LogP contribution in [0.1, 0.15) is 25.3 Å². The van der Waals surface area contributed by atoms with Gasteiger partial charge in [0.1, 0.15) is 0 Å². The van der Waals surface area contributed by atoms with Crippen LogP contribution in [0.5, 0.6) is 0 Å². The molecule has 1 atom stereocenters. The summed E-state index contributed by atoms with van der Waals surface area (Å²) in [7, 11) is 0. The van der Waals surface area contributed by atoms with Crippen LogP contribution >= 0.6 is 15.9 Å². The predicted octanol–water partition coefficient (Wildman–Crippen LogP) is 3.21. The van der Waals surface area contributed by atoms with E-state index >= 15 is 0 Å². The molecule has 1 unspecified atom stereocenters. The molecule has 1 amide bonds. The van der Waals surface area contributed by atoms with Crippen LogP contribution in [-0.2, 0) is 11.3 Å². The van der Waals surface area contributed by atoms with Gasteiger partial charge in [0.25, 0.3) is 0 Å². The van der Waals surface area contributed by atoms with E-state index in [1.54, 1.807) is 6.92 Å². The monoisotopic (exact) mass is 295 g/mol. The molecule has 17 heavy (non-hydrogen) atoms. The summed E-state index contributed by atoms with van der Waals surface area (Å²) in [5, 5.41) is 0.879. The van der Waals surface area contributed by atoms with Crippen LogP contribution in [-0.4, -0.2) is 22.2 Å². The molecule has 92 valence electrons. The molecular formula is C14H18BrNO. The highest BCUT2D eigenvalue weighted by atomic mass is 79.9. The Morgan fingerprint density at radius 3 is 2.53 bits per heavy atom. The van der Waals surface area contributed by atoms with Crippen molar-refractivity contribution in [2.75, 3.05) is 5.33 Å². The minimum absolute atomic E-state index is 0.171. The number of carbonyl (C=O) groups is 1. The average Bonchev–Trinajstić information content (AvgIpc) is 3.14. The maximum Gasteiger partial charge on any atom is 0.220 e. The topological polar surface area (TPSA) is 20.3 Å². The molecule has 0 aliphatic heterocycles. The van der Waals surface area contributed by atoms with Crippen molar-refractivity contribution in [3.05, 3.63) is 35.9 Å². The molecule has 0 heterocycles. The summed E-state index contributed by atoms with van der Waals surface area (Å²) in [5.41, 5.74) is 1.20. The summed E-state index contributed by atoms with van der Waals surface area (Å²) in [4.78, 5) is 13.8. The molecule has 2 nitrogen and oxygen atoms in total. The van der Waals surface area contributed by atoms with Crippen molar-refractivity contribution in [2.45, 2.75) is 32.4 Å². The van der Waals surface area contributed by atoms with Gasteiger partial charge in [-0.15, -0.1) is 0 Å². The molecule has 0 spiro atoms. The lowest BCUT2D eigenvalue weighted by Crippen LogP contribution is -2.41. The van der Waals surface area contributed by atoms with Gasteiger partial charge in [0, 0.05) is 24.8 Å². The second-order valence-electron chi connectivity index (χ2n) is 4.69. The number of hydrogen-bond acceptors (Lipinski definition) is 1. The lowest BCUT2D eigenvalue weighted by Gasteiger charge is -2.30. The summed E-state index contributed by atoms with van der Waals surface area (Å²) in [6.45, 7) is 2.39. The highest BCUT2D eigenvalue weighted by Gasteiger charge is 2.35. The molecule has 0 saturated heterocycles. The first-order valence-corrected chi connectivity index (χ1v) is 7.21. The Kier molecular flexibility index (Phi) is 4.21. The maximum absolute atomic E-state index is 11.8. The van der Waals surface area contributed by atoms with Crippen molar-refractivity contribution in [2.24, 2.45) is 5.92 Å². The standard InChI is InChI=1S/C14H18BrNO/c1-11(17)16(14(9-15)13-7-8-13)10-12-5-3-2-4-6-12/h2-6,13-14H,7-10H2,1H3. The van der Waals surface area contributed by atoms with Crippen LogP contribution in [0.3, 0.4) is 0 Å². The smallest absolute Gasteiger partial charge is 0.220 e. The van der Waals surface area contributed by atoms with Crippen molar-refractivity contribution in [1.82, 2.24) is 4.90 Å². The van der Waals surface area contributed by atoms with Crippen LogP contribution in [0.2, 0.25) is 0 Å². The number of amides is 1. The number of halogens is 1. The molecule has 1 aromatic rings. The van der Waals surface area contributed by atoms with Gasteiger partial charge in [-0.25, -0.2) is 0 Å². The first-order chi connectivity index (χ1) is 8.22. The number of alkyl halides is 1. The van der Waals surface area contributed by atoms with Gasteiger partial charge in [0.2, 0.25) is 5.91 Å². The molecule has 0 N–H and O–H groups in total. The van der Waals surface area contributed by atoms with Crippen LogP contribution in [0, 0.1) is 5.92 Å². The predicted molar refractivity (Wildman–Crippen MR) is 73.0 cm³/mol. The first kappa shape index (κ1) is 12.6.